The maximum absolute atomic E-state index is 12.5. The lowest BCUT2D eigenvalue weighted by Gasteiger charge is -2.13. The minimum absolute atomic E-state index is 0.0514. The number of primary sulfonamides is 1. The van der Waals surface area contributed by atoms with Gasteiger partial charge in [-0.25, -0.2) is 18.5 Å². The van der Waals surface area contributed by atoms with Crippen LogP contribution in [0.15, 0.2) is 40.4 Å². The van der Waals surface area contributed by atoms with E-state index in [1.807, 2.05) is 37.6 Å². The molecular weight excluding hydrogens is 342 g/mol. The Balaban J connectivity index is 2.09. The number of hydrogen-bond acceptors (Lipinski definition) is 5. The largest absolute Gasteiger partial charge is 0.328 e. The van der Waals surface area contributed by atoms with Gasteiger partial charge in [-0.05, 0) is 24.5 Å². The van der Waals surface area contributed by atoms with Gasteiger partial charge in [0.25, 0.3) is 15.6 Å². The van der Waals surface area contributed by atoms with Crippen LogP contribution in [0.1, 0.15) is 36.6 Å². The molecule has 0 fully saturated rings. The minimum atomic E-state index is -3.82. The maximum atomic E-state index is 12.5. The Hall–Kier alpha value is -2.52. The predicted octanol–water partition coefficient (Wildman–Crippen LogP) is 1.02. The number of aromatic nitrogens is 4. The fourth-order valence-corrected chi connectivity index (χ4v) is 3.10. The molecule has 8 nitrogen and oxygen atoms in total. The fraction of sp³-hybridized carbons (Fsp3) is 0.312. The molecule has 0 saturated heterocycles. The van der Waals surface area contributed by atoms with Crippen molar-refractivity contribution in [2.24, 2.45) is 5.14 Å². The van der Waals surface area contributed by atoms with Crippen molar-refractivity contribution in [3.8, 4) is 0 Å². The third kappa shape index (κ3) is 3.33. The number of nitrogens with zero attached hydrogens (tertiary/aromatic N) is 4. The molecule has 9 heteroatoms. The van der Waals surface area contributed by atoms with Crippen LogP contribution in [-0.4, -0.2) is 27.6 Å². The Morgan fingerprint density at radius 3 is 2.56 bits per heavy atom. The predicted molar refractivity (Wildman–Crippen MR) is 93.0 cm³/mol. The van der Waals surface area contributed by atoms with Crippen LogP contribution >= 0.6 is 0 Å². The van der Waals surface area contributed by atoms with Crippen molar-refractivity contribution >= 4 is 15.7 Å². The molecule has 25 heavy (non-hydrogen) atoms. The van der Waals surface area contributed by atoms with Crippen LogP contribution < -0.4 is 10.7 Å². The first-order chi connectivity index (χ1) is 11.7. The summed E-state index contributed by atoms with van der Waals surface area (Å²) in [5.41, 5.74) is 2.73. The fourth-order valence-electron chi connectivity index (χ4n) is 2.64. The monoisotopic (exact) mass is 361 g/mol. The van der Waals surface area contributed by atoms with Crippen LogP contribution in [0, 0.1) is 6.92 Å². The summed E-state index contributed by atoms with van der Waals surface area (Å²) in [6.45, 7) is 6.15. The summed E-state index contributed by atoms with van der Waals surface area (Å²) in [6, 6.07) is 4.85. The smallest absolute Gasteiger partial charge is 0.277 e. The lowest BCUT2D eigenvalue weighted by molar-refractivity contribution is 0.594. The van der Waals surface area contributed by atoms with E-state index in [-0.39, 0.29) is 16.5 Å². The van der Waals surface area contributed by atoms with Crippen molar-refractivity contribution in [3.63, 3.8) is 0 Å². The van der Waals surface area contributed by atoms with Crippen molar-refractivity contribution in [2.75, 3.05) is 0 Å². The molecule has 0 bridgehead atoms. The van der Waals surface area contributed by atoms with Gasteiger partial charge in [0.1, 0.15) is 5.65 Å². The number of hydrogen-bond donors (Lipinski definition) is 1. The second-order valence-electron chi connectivity index (χ2n) is 6.28. The van der Waals surface area contributed by atoms with Gasteiger partial charge in [0.15, 0.2) is 5.03 Å². The van der Waals surface area contributed by atoms with E-state index in [9.17, 15) is 13.2 Å². The third-order valence-corrected chi connectivity index (χ3v) is 4.73. The zero-order chi connectivity index (χ0) is 18.4. The molecule has 3 aromatic rings. The van der Waals surface area contributed by atoms with E-state index < -0.39 is 10.0 Å². The Bertz CT molecular complexity index is 1100. The Morgan fingerprint density at radius 2 is 2.00 bits per heavy atom. The highest BCUT2D eigenvalue weighted by atomic mass is 32.2. The summed E-state index contributed by atoms with van der Waals surface area (Å²) < 4.78 is 25.9. The van der Waals surface area contributed by atoms with E-state index in [1.54, 1.807) is 6.07 Å². The molecule has 3 heterocycles. The second-order valence-corrected chi connectivity index (χ2v) is 7.79. The van der Waals surface area contributed by atoms with Crippen LogP contribution in [-0.2, 0) is 16.6 Å². The molecule has 0 saturated carbocycles. The molecule has 0 atom stereocenters. The topological polar surface area (TPSA) is 112 Å². The maximum Gasteiger partial charge on any atom is 0.277 e. The zero-order valence-corrected chi connectivity index (χ0v) is 15.0. The summed E-state index contributed by atoms with van der Waals surface area (Å²) in [5, 5.41) is 9.16. The minimum Gasteiger partial charge on any atom is -0.328 e. The Morgan fingerprint density at radius 1 is 1.28 bits per heavy atom. The summed E-state index contributed by atoms with van der Waals surface area (Å²) in [4.78, 5) is 16.4. The number of fused-ring (bicyclic) bond motifs is 1. The van der Waals surface area contributed by atoms with Gasteiger partial charge in [-0.15, -0.1) is 0 Å². The highest BCUT2D eigenvalue weighted by Crippen LogP contribution is 2.15. The van der Waals surface area contributed by atoms with E-state index in [1.165, 1.54) is 16.8 Å². The van der Waals surface area contributed by atoms with E-state index in [0.29, 0.717) is 17.8 Å². The van der Waals surface area contributed by atoms with Crippen molar-refractivity contribution in [3.05, 3.63) is 57.8 Å². The Kier molecular flexibility index (Phi) is 4.21. The molecule has 2 N–H and O–H groups in total. The zero-order valence-electron chi connectivity index (χ0n) is 14.2. The summed E-state index contributed by atoms with van der Waals surface area (Å²) >= 11 is 0. The quantitative estimate of drug-likeness (QED) is 0.745. The molecule has 0 unspecified atom stereocenters. The van der Waals surface area contributed by atoms with E-state index in [0.717, 1.165) is 11.3 Å². The van der Waals surface area contributed by atoms with E-state index in [4.69, 9.17) is 5.14 Å². The highest BCUT2D eigenvalue weighted by molar-refractivity contribution is 7.89. The molecule has 0 spiro atoms. The number of rotatable bonds is 4. The van der Waals surface area contributed by atoms with Crippen LogP contribution in [0.3, 0.4) is 0 Å². The Labute approximate surface area is 145 Å². The lowest BCUT2D eigenvalue weighted by atomic mass is 10.1. The van der Waals surface area contributed by atoms with Crippen molar-refractivity contribution in [1.82, 2.24) is 19.2 Å². The van der Waals surface area contributed by atoms with Gasteiger partial charge in [0.05, 0.1) is 12.2 Å². The second kappa shape index (κ2) is 6.08. The van der Waals surface area contributed by atoms with E-state index in [2.05, 4.69) is 10.1 Å². The summed E-state index contributed by atoms with van der Waals surface area (Å²) in [5.74, 6) is 0.0514. The number of aryl methyl sites for hydroxylation is 1. The van der Waals surface area contributed by atoms with Gasteiger partial charge in [-0.3, -0.25) is 4.79 Å². The summed E-state index contributed by atoms with van der Waals surface area (Å²) in [6.07, 6.45) is 3.28. The molecule has 3 rings (SSSR count). The first-order valence-corrected chi connectivity index (χ1v) is 9.29. The molecule has 132 valence electrons. The molecule has 0 aromatic carbocycles. The molecule has 0 aliphatic heterocycles. The average Bonchev–Trinajstić information content (AvgIpc) is 2.92. The third-order valence-electron chi connectivity index (χ3n) is 3.91. The normalized spacial score (nSPS) is 12.2. The molecular formula is C16H19N5O3S. The van der Waals surface area contributed by atoms with Crippen LogP contribution in [0.25, 0.3) is 5.65 Å². The number of sulfonamides is 1. The van der Waals surface area contributed by atoms with Gasteiger partial charge in [-0.1, -0.05) is 19.9 Å². The molecule has 0 amide bonds. The van der Waals surface area contributed by atoms with Gasteiger partial charge in [0, 0.05) is 24.0 Å². The van der Waals surface area contributed by atoms with Gasteiger partial charge in [0.2, 0.25) is 0 Å². The molecule has 0 radical (unpaired) electrons. The van der Waals surface area contributed by atoms with Gasteiger partial charge < -0.3 is 4.57 Å². The molecule has 0 aliphatic carbocycles. The highest BCUT2D eigenvalue weighted by Gasteiger charge is 2.14. The van der Waals surface area contributed by atoms with Crippen LogP contribution in [0.2, 0.25) is 0 Å². The number of nitrogens with two attached hydrogens (primary N) is 1. The van der Waals surface area contributed by atoms with Crippen molar-refractivity contribution in [2.45, 2.75) is 38.3 Å². The first-order valence-electron chi connectivity index (χ1n) is 7.74. The number of pyridine rings is 1. The first kappa shape index (κ1) is 17.3. The summed E-state index contributed by atoms with van der Waals surface area (Å²) in [7, 11) is -3.82. The van der Waals surface area contributed by atoms with E-state index >= 15 is 0 Å². The average molecular weight is 361 g/mol. The standard InChI is InChI=1S/C16H19N5O3S/c1-10(2)13-9-20(15-6-11(3)19-21(15)16(13)22)8-12-4-5-14(18-7-12)25(17,23)24/h4-7,9-10H,8H2,1-3H3,(H2,17,23,24). The van der Waals surface area contributed by atoms with Gasteiger partial charge in [-0.2, -0.15) is 9.61 Å². The van der Waals surface area contributed by atoms with Crippen molar-refractivity contribution in [1.29, 1.82) is 0 Å². The SMILES string of the molecule is Cc1cc2n(Cc3ccc(S(N)(=O)=O)nc3)cc(C(C)C)c(=O)n2n1. The van der Waals surface area contributed by atoms with Gasteiger partial charge >= 0.3 is 0 Å². The lowest BCUT2D eigenvalue weighted by Crippen LogP contribution is -2.24. The van der Waals surface area contributed by atoms with Crippen LogP contribution in [0.5, 0.6) is 0 Å². The van der Waals surface area contributed by atoms with Crippen molar-refractivity contribution < 1.29 is 8.42 Å². The molecule has 0 aliphatic rings. The van der Waals surface area contributed by atoms with Crippen LogP contribution in [0.4, 0.5) is 0 Å². The molecule has 3 aromatic heterocycles.